The largest absolute Gasteiger partial charge is 0.280 e. The third-order valence-corrected chi connectivity index (χ3v) is 4.38. The normalized spacial score (nSPS) is 9.25. The van der Waals surface area contributed by atoms with Gasteiger partial charge in [-0.05, 0) is 34.3 Å². The van der Waals surface area contributed by atoms with E-state index in [9.17, 15) is 9.59 Å². The molecule has 130 valence electrons. The molecule has 0 radical (unpaired) electrons. The number of alkyl halides is 3. The van der Waals surface area contributed by atoms with Crippen molar-refractivity contribution in [2.24, 2.45) is 0 Å². The van der Waals surface area contributed by atoms with E-state index in [-0.39, 0.29) is 21.8 Å². The summed E-state index contributed by atoms with van der Waals surface area (Å²) in [4.78, 5) is 19.0. The summed E-state index contributed by atoms with van der Waals surface area (Å²) in [6.07, 6.45) is 0. The Morgan fingerprint density at radius 3 is 1.33 bits per heavy atom. The number of benzene rings is 2. The zero-order valence-electron chi connectivity index (χ0n) is 12.5. The summed E-state index contributed by atoms with van der Waals surface area (Å²) < 4.78 is 0. The molecule has 0 saturated carbocycles. The van der Waals surface area contributed by atoms with Crippen molar-refractivity contribution < 1.29 is 9.59 Å². The maximum atomic E-state index is 9.53. The number of carbonyl (C=O) groups is 2. The molecule has 0 atom stereocenters. The predicted molar refractivity (Wildman–Crippen MR) is 107 cm³/mol. The first kappa shape index (κ1) is 23.4. The molecule has 0 fully saturated rings. The third-order valence-electron chi connectivity index (χ3n) is 2.39. The molecule has 0 spiro atoms. The Balaban J connectivity index is 0.000000442. The summed E-state index contributed by atoms with van der Waals surface area (Å²) in [5.74, 6) is -0.0957. The van der Waals surface area contributed by atoms with Gasteiger partial charge in [-0.15, -0.1) is 23.2 Å². The van der Waals surface area contributed by atoms with E-state index in [0.717, 1.165) is 11.1 Å². The van der Waals surface area contributed by atoms with Crippen molar-refractivity contribution in [3.05, 3.63) is 71.8 Å². The summed E-state index contributed by atoms with van der Waals surface area (Å²) in [6.45, 7) is 0. The van der Waals surface area contributed by atoms with Gasteiger partial charge in [0.05, 0.1) is 16.6 Å². The maximum absolute atomic E-state index is 9.53. The lowest BCUT2D eigenvalue weighted by molar-refractivity contribution is -0.110. The molecule has 0 amide bonds. The van der Waals surface area contributed by atoms with Crippen LogP contribution in [0.15, 0.2) is 60.7 Å². The van der Waals surface area contributed by atoms with E-state index in [1.165, 1.54) is 0 Å². The van der Waals surface area contributed by atoms with Gasteiger partial charge in [0.15, 0.2) is 0 Å². The van der Waals surface area contributed by atoms with Gasteiger partial charge in [0.2, 0.25) is 10.5 Å². The minimum absolute atomic E-state index is 0.0441. The number of halogens is 5. The van der Waals surface area contributed by atoms with Crippen LogP contribution in [-0.4, -0.2) is 21.7 Å². The Morgan fingerprint density at radius 2 is 1.12 bits per heavy atom. The number of rotatable bonds is 4. The van der Waals surface area contributed by atoms with Gasteiger partial charge >= 0.3 is 0 Å². The Bertz CT molecular complexity index is 541. The predicted octanol–water partition coefficient (Wildman–Crippen LogP) is 6.15. The average molecular weight is 473 g/mol. The molecule has 2 nitrogen and oxygen atoms in total. The van der Waals surface area contributed by atoms with Crippen molar-refractivity contribution in [2.45, 2.75) is 5.38 Å². The van der Waals surface area contributed by atoms with Crippen LogP contribution in [0.4, 0.5) is 0 Å². The van der Waals surface area contributed by atoms with Crippen LogP contribution < -0.4 is 0 Å². The summed E-state index contributed by atoms with van der Waals surface area (Å²) in [5.41, 5.74) is 2.28. The molecule has 7 heteroatoms. The van der Waals surface area contributed by atoms with Gasteiger partial charge in [0.25, 0.3) is 0 Å². The van der Waals surface area contributed by atoms with E-state index >= 15 is 0 Å². The quantitative estimate of drug-likeness (QED) is 0.395. The summed E-state index contributed by atoms with van der Waals surface area (Å²) in [5, 5.41) is -0.664. The molecule has 0 unspecified atom stereocenters. The van der Waals surface area contributed by atoms with Crippen LogP contribution in [0.2, 0.25) is 0 Å². The highest BCUT2D eigenvalue weighted by Gasteiger charge is 2.08. The summed E-state index contributed by atoms with van der Waals surface area (Å²) in [7, 11) is 0. The fourth-order valence-electron chi connectivity index (χ4n) is 1.44. The number of hydrogen-bond acceptors (Lipinski definition) is 2. The van der Waals surface area contributed by atoms with E-state index in [0.29, 0.717) is 0 Å². The minimum atomic E-state index is -0.508. The van der Waals surface area contributed by atoms with Crippen LogP contribution in [-0.2, 0) is 9.59 Å². The Kier molecular flexibility index (Phi) is 14.4. The molecule has 0 heterocycles. The average Bonchev–Trinajstić information content (AvgIpc) is 2.63. The second-order valence-corrected chi connectivity index (χ2v) is 6.27. The molecule has 0 saturated heterocycles. The zero-order valence-corrected chi connectivity index (χ0v) is 17.1. The van der Waals surface area contributed by atoms with E-state index in [1.807, 2.05) is 60.7 Å². The monoisotopic (exact) mass is 470 g/mol. The first-order chi connectivity index (χ1) is 11.4. The van der Waals surface area contributed by atoms with Gasteiger partial charge in [0, 0.05) is 0 Å². The van der Waals surface area contributed by atoms with Crippen LogP contribution in [0, 0.1) is 0 Å². The maximum Gasteiger partial charge on any atom is 0.236 e. The van der Waals surface area contributed by atoms with Crippen molar-refractivity contribution in [1.29, 1.82) is 0 Å². The van der Waals surface area contributed by atoms with Gasteiger partial charge < -0.3 is 0 Å². The van der Waals surface area contributed by atoms with Crippen molar-refractivity contribution >= 4 is 72.8 Å². The molecule has 0 aliphatic rings. The Morgan fingerprint density at radius 1 is 0.833 bits per heavy atom. The molecular formula is C17H15BrCl4O2. The molecule has 24 heavy (non-hydrogen) atoms. The molecule has 0 aliphatic heterocycles. The molecule has 0 aromatic heterocycles. The first-order valence-corrected chi connectivity index (χ1v) is 9.49. The third kappa shape index (κ3) is 11.9. The topological polar surface area (TPSA) is 34.1 Å². The van der Waals surface area contributed by atoms with Gasteiger partial charge in [-0.25, -0.2) is 0 Å². The molecule has 0 aliphatic carbocycles. The highest BCUT2D eigenvalue weighted by Crippen LogP contribution is 2.27. The number of hydrogen-bond donors (Lipinski definition) is 0. The molecule has 2 aromatic carbocycles. The van der Waals surface area contributed by atoms with E-state index in [1.54, 1.807) is 0 Å². The van der Waals surface area contributed by atoms with Crippen molar-refractivity contribution in [1.82, 2.24) is 0 Å². The van der Waals surface area contributed by atoms with Gasteiger partial charge in [-0.3, -0.25) is 9.59 Å². The SMILES string of the molecule is ClC(c1ccccc1)c1ccccc1.O=C(Cl)CBr.O=C(Cl)CCl. The smallest absolute Gasteiger partial charge is 0.236 e. The fourth-order valence-corrected chi connectivity index (χ4v) is 1.73. The van der Waals surface area contributed by atoms with Crippen LogP contribution >= 0.6 is 62.3 Å². The second-order valence-electron chi connectivity index (χ2n) is 4.16. The highest BCUT2D eigenvalue weighted by molar-refractivity contribution is 9.09. The lowest BCUT2D eigenvalue weighted by Gasteiger charge is -2.09. The summed E-state index contributed by atoms with van der Waals surface area (Å²) in [6, 6.07) is 20.2. The van der Waals surface area contributed by atoms with E-state index in [4.69, 9.17) is 46.4 Å². The molecule has 2 rings (SSSR count). The van der Waals surface area contributed by atoms with Gasteiger partial charge in [-0.1, -0.05) is 76.6 Å². The van der Waals surface area contributed by atoms with Crippen LogP contribution in [0.1, 0.15) is 16.5 Å². The van der Waals surface area contributed by atoms with Crippen molar-refractivity contribution in [3.8, 4) is 0 Å². The van der Waals surface area contributed by atoms with Crippen LogP contribution in [0.25, 0.3) is 0 Å². The molecule has 2 aromatic rings. The van der Waals surface area contributed by atoms with Crippen molar-refractivity contribution in [2.75, 3.05) is 11.2 Å². The Labute approximate surface area is 170 Å². The van der Waals surface area contributed by atoms with E-state index < -0.39 is 5.24 Å². The first-order valence-electron chi connectivity index (χ1n) is 6.64. The molecule has 0 bridgehead atoms. The van der Waals surface area contributed by atoms with Gasteiger partial charge in [0.1, 0.15) is 0 Å². The minimum Gasteiger partial charge on any atom is -0.280 e. The zero-order chi connectivity index (χ0) is 18.4. The fraction of sp³-hybridized carbons (Fsp3) is 0.176. The highest BCUT2D eigenvalue weighted by atomic mass is 79.9. The molecule has 0 N–H and O–H groups in total. The summed E-state index contributed by atoms with van der Waals surface area (Å²) >= 11 is 23.5. The second kappa shape index (κ2) is 14.7. The van der Waals surface area contributed by atoms with Crippen LogP contribution in [0.5, 0.6) is 0 Å². The van der Waals surface area contributed by atoms with Crippen molar-refractivity contribution in [3.63, 3.8) is 0 Å². The Hall–Kier alpha value is -0.580. The number of carbonyl (C=O) groups excluding carboxylic acids is 2. The van der Waals surface area contributed by atoms with E-state index in [2.05, 4.69) is 15.9 Å². The van der Waals surface area contributed by atoms with Crippen LogP contribution in [0.3, 0.4) is 0 Å². The standard InChI is InChI=1S/C13H11Cl.C2H2BrClO.C2H2Cl2O/c14-13(11-7-3-1-4-8-11)12-9-5-2-6-10-12;2*3-1-2(4)5/h1-10,13H;2*1H2. The lowest BCUT2D eigenvalue weighted by atomic mass is 10.0. The molecular weight excluding hydrogens is 458 g/mol. The lowest BCUT2D eigenvalue weighted by Crippen LogP contribution is -1.91. The van der Waals surface area contributed by atoms with Gasteiger partial charge in [-0.2, -0.15) is 0 Å².